The first-order chi connectivity index (χ1) is 15.2. The zero-order chi connectivity index (χ0) is 24.2. The molecular formula is C27H54O3Si2. The van der Waals surface area contributed by atoms with Crippen molar-refractivity contribution in [3.63, 3.8) is 0 Å². The Labute approximate surface area is 202 Å². The summed E-state index contributed by atoms with van der Waals surface area (Å²) in [6.07, 6.45) is 6.98. The molecule has 1 heterocycles. The van der Waals surface area contributed by atoms with Gasteiger partial charge in [-0.2, -0.15) is 0 Å². The molecule has 1 aliphatic heterocycles. The van der Waals surface area contributed by atoms with Crippen molar-refractivity contribution < 1.29 is 13.6 Å². The van der Waals surface area contributed by atoms with Gasteiger partial charge in [0.15, 0.2) is 16.6 Å². The zero-order valence-corrected chi connectivity index (χ0v) is 24.6. The van der Waals surface area contributed by atoms with Crippen LogP contribution < -0.4 is 0 Å². The van der Waals surface area contributed by atoms with Gasteiger partial charge in [0.2, 0.25) is 0 Å². The molecule has 3 atom stereocenters. The molecule has 0 aromatic carbocycles. The second-order valence-corrected chi connectivity index (χ2v) is 19.6. The minimum absolute atomic E-state index is 0.188. The van der Waals surface area contributed by atoms with E-state index in [9.17, 15) is 0 Å². The maximum absolute atomic E-state index is 6.84. The van der Waals surface area contributed by atoms with Crippen molar-refractivity contribution >= 4 is 16.6 Å². The van der Waals surface area contributed by atoms with E-state index in [4.69, 9.17) is 13.6 Å². The van der Waals surface area contributed by atoms with E-state index < -0.39 is 16.6 Å². The van der Waals surface area contributed by atoms with Gasteiger partial charge in [0, 0.05) is 12.7 Å². The summed E-state index contributed by atoms with van der Waals surface area (Å²) in [6, 6.07) is 7.27. The summed E-state index contributed by atoms with van der Waals surface area (Å²) in [7, 11) is -3.08. The van der Waals surface area contributed by atoms with Crippen molar-refractivity contribution in [2.24, 2.45) is 0 Å². The number of ether oxygens (including phenoxy) is 1. The summed E-state index contributed by atoms with van der Waals surface area (Å²) < 4.78 is 19.7. The lowest BCUT2D eigenvalue weighted by Crippen LogP contribution is -2.40. The Morgan fingerprint density at radius 3 is 2.03 bits per heavy atom. The van der Waals surface area contributed by atoms with E-state index >= 15 is 0 Å². The van der Waals surface area contributed by atoms with Gasteiger partial charge in [-0.1, -0.05) is 53.7 Å². The molecule has 1 fully saturated rings. The van der Waals surface area contributed by atoms with Crippen LogP contribution in [0.2, 0.25) is 36.3 Å². The van der Waals surface area contributed by atoms with Crippen LogP contribution in [0.4, 0.5) is 0 Å². The van der Waals surface area contributed by atoms with Crippen LogP contribution in [0, 0.1) is 0 Å². The lowest BCUT2D eigenvalue weighted by Gasteiger charge is -2.34. The molecular weight excluding hydrogens is 428 g/mol. The molecule has 0 spiro atoms. The molecule has 32 heavy (non-hydrogen) atoms. The van der Waals surface area contributed by atoms with Gasteiger partial charge in [-0.25, -0.2) is 0 Å². The van der Waals surface area contributed by atoms with Crippen LogP contribution in [-0.4, -0.2) is 41.6 Å². The molecule has 0 N–H and O–H groups in total. The molecule has 0 aliphatic carbocycles. The maximum Gasteiger partial charge on any atom is 0.192 e. The Bertz CT molecular complexity index is 539. The van der Waals surface area contributed by atoms with Crippen LogP contribution in [0.25, 0.3) is 0 Å². The maximum atomic E-state index is 6.84. The van der Waals surface area contributed by atoms with Gasteiger partial charge in [-0.15, -0.1) is 6.58 Å². The van der Waals surface area contributed by atoms with Gasteiger partial charge in [0.25, 0.3) is 0 Å². The standard InChI is InChI=1S/C27H54O3Si2/c1-10-31(11-2,12-3)28-20-16-17-25-22-24(9)27(29-25)19-18-26(21-23(7)8)30-32(13-4,14-5)15-6/h25-27H,7,9-22H2,1-6,8H3/t25-,26-,27?/m0/s1. The van der Waals surface area contributed by atoms with E-state index in [0.29, 0.717) is 6.10 Å². The first kappa shape index (κ1) is 29.8. The van der Waals surface area contributed by atoms with Crippen LogP contribution in [0.3, 0.4) is 0 Å². The van der Waals surface area contributed by atoms with Crippen molar-refractivity contribution in [2.45, 2.75) is 142 Å². The lowest BCUT2D eigenvalue weighted by atomic mass is 10.00. The summed E-state index contributed by atoms with van der Waals surface area (Å²) in [6.45, 7) is 25.4. The van der Waals surface area contributed by atoms with Gasteiger partial charge in [0.1, 0.15) is 0 Å². The molecule has 0 radical (unpaired) electrons. The second kappa shape index (κ2) is 14.9. The van der Waals surface area contributed by atoms with Crippen molar-refractivity contribution in [1.29, 1.82) is 0 Å². The molecule has 5 heteroatoms. The van der Waals surface area contributed by atoms with Gasteiger partial charge in [-0.05, 0) is 87.3 Å². The highest BCUT2D eigenvalue weighted by molar-refractivity contribution is 6.74. The fourth-order valence-corrected chi connectivity index (χ4v) is 10.8. The van der Waals surface area contributed by atoms with E-state index in [2.05, 4.69) is 61.6 Å². The van der Waals surface area contributed by atoms with Gasteiger partial charge < -0.3 is 13.6 Å². The van der Waals surface area contributed by atoms with Crippen molar-refractivity contribution in [3.8, 4) is 0 Å². The van der Waals surface area contributed by atoms with Crippen molar-refractivity contribution in [3.05, 3.63) is 24.3 Å². The second-order valence-electron chi connectivity index (χ2n) is 10.1. The van der Waals surface area contributed by atoms with Gasteiger partial charge >= 0.3 is 0 Å². The van der Waals surface area contributed by atoms with Crippen LogP contribution in [0.15, 0.2) is 24.3 Å². The minimum Gasteiger partial charge on any atom is -0.417 e. The Morgan fingerprint density at radius 1 is 0.969 bits per heavy atom. The molecule has 1 aliphatic rings. The summed E-state index contributed by atoms with van der Waals surface area (Å²) in [5.41, 5.74) is 2.49. The lowest BCUT2D eigenvalue weighted by molar-refractivity contribution is 0.0320. The third-order valence-electron chi connectivity index (χ3n) is 7.99. The average molecular weight is 483 g/mol. The van der Waals surface area contributed by atoms with Gasteiger partial charge in [0.05, 0.1) is 12.2 Å². The van der Waals surface area contributed by atoms with Crippen LogP contribution in [0.1, 0.15) is 87.0 Å². The zero-order valence-electron chi connectivity index (χ0n) is 22.6. The molecule has 0 saturated carbocycles. The number of hydrogen-bond donors (Lipinski definition) is 0. The summed E-state index contributed by atoms with van der Waals surface area (Å²) in [5, 5.41) is 0. The predicted octanol–water partition coefficient (Wildman–Crippen LogP) is 8.64. The van der Waals surface area contributed by atoms with Crippen LogP contribution >= 0.6 is 0 Å². The van der Waals surface area contributed by atoms with Crippen LogP contribution in [-0.2, 0) is 13.6 Å². The first-order valence-electron chi connectivity index (χ1n) is 13.5. The Hall–Kier alpha value is -0.206. The van der Waals surface area contributed by atoms with Crippen molar-refractivity contribution in [1.82, 2.24) is 0 Å². The first-order valence-corrected chi connectivity index (χ1v) is 18.6. The topological polar surface area (TPSA) is 27.7 Å². The monoisotopic (exact) mass is 482 g/mol. The Balaban J connectivity index is 2.53. The highest BCUT2D eigenvalue weighted by Gasteiger charge is 2.34. The van der Waals surface area contributed by atoms with E-state index in [1.54, 1.807) is 0 Å². The Morgan fingerprint density at radius 2 is 1.53 bits per heavy atom. The predicted molar refractivity (Wildman–Crippen MR) is 146 cm³/mol. The van der Waals surface area contributed by atoms with Crippen LogP contribution in [0.5, 0.6) is 0 Å². The SMILES string of the molecule is C=C(C)C[C@H](CCC1O[C@@H](CCCO[Si](CC)(CC)CC)CC1=C)O[Si](CC)(CC)CC. The number of hydrogen-bond acceptors (Lipinski definition) is 3. The molecule has 0 aromatic heterocycles. The minimum atomic E-state index is -1.62. The smallest absolute Gasteiger partial charge is 0.192 e. The molecule has 1 unspecified atom stereocenters. The largest absolute Gasteiger partial charge is 0.417 e. The Kier molecular flexibility index (Phi) is 13.9. The molecule has 0 bridgehead atoms. The van der Waals surface area contributed by atoms with Crippen molar-refractivity contribution in [2.75, 3.05) is 6.61 Å². The average Bonchev–Trinajstić information content (AvgIpc) is 3.15. The quantitative estimate of drug-likeness (QED) is 0.111. The normalized spacial score (nSPS) is 20.7. The highest BCUT2D eigenvalue weighted by Crippen LogP contribution is 2.33. The highest BCUT2D eigenvalue weighted by atomic mass is 28.4. The molecule has 0 aromatic rings. The molecule has 1 rings (SSSR count). The number of rotatable bonds is 18. The third kappa shape index (κ3) is 9.21. The summed E-state index contributed by atoms with van der Waals surface area (Å²) in [4.78, 5) is 0. The van der Waals surface area contributed by atoms with E-state index in [-0.39, 0.29) is 12.2 Å². The third-order valence-corrected chi connectivity index (χ3v) is 17.4. The van der Waals surface area contributed by atoms with Gasteiger partial charge in [-0.3, -0.25) is 0 Å². The van der Waals surface area contributed by atoms with E-state index in [0.717, 1.165) is 45.1 Å². The fraction of sp³-hybridized carbons (Fsp3) is 0.852. The summed E-state index contributed by atoms with van der Waals surface area (Å²) in [5.74, 6) is 0. The van der Waals surface area contributed by atoms with E-state index in [1.165, 1.54) is 47.4 Å². The summed E-state index contributed by atoms with van der Waals surface area (Å²) >= 11 is 0. The molecule has 3 nitrogen and oxygen atoms in total. The molecule has 188 valence electrons. The fourth-order valence-electron chi connectivity index (χ4n) is 5.18. The molecule has 0 amide bonds. The molecule has 1 saturated heterocycles. The van der Waals surface area contributed by atoms with E-state index in [1.807, 2.05) is 0 Å².